The Morgan fingerprint density at radius 1 is 0.950 bits per heavy atom. The van der Waals surface area contributed by atoms with Crippen molar-refractivity contribution in [2.45, 2.75) is 6.92 Å². The predicted octanol–water partition coefficient (Wildman–Crippen LogP) is 3.47. The van der Waals surface area contributed by atoms with Crippen molar-refractivity contribution in [3.05, 3.63) is 53.6 Å². The number of nitrogens with two attached hydrogens (primary N) is 1. The highest BCUT2D eigenvalue weighted by Crippen LogP contribution is 2.24. The van der Waals surface area contributed by atoms with Gasteiger partial charge in [0.1, 0.15) is 17.5 Å². The van der Waals surface area contributed by atoms with Crippen molar-refractivity contribution in [3.63, 3.8) is 0 Å². The SMILES string of the molecule is Cc1ccc2nc(-c3cc(F)cc(F)c3)nc(N)c2c1. The van der Waals surface area contributed by atoms with Crippen LogP contribution in [0, 0.1) is 18.6 Å². The Morgan fingerprint density at radius 3 is 2.35 bits per heavy atom. The van der Waals surface area contributed by atoms with E-state index in [2.05, 4.69) is 9.97 Å². The number of hydrogen-bond acceptors (Lipinski definition) is 3. The molecule has 0 radical (unpaired) electrons. The summed E-state index contributed by atoms with van der Waals surface area (Å²) in [6.07, 6.45) is 0. The Labute approximate surface area is 114 Å². The van der Waals surface area contributed by atoms with E-state index in [4.69, 9.17) is 5.73 Å². The molecule has 0 fully saturated rings. The molecule has 0 spiro atoms. The maximum absolute atomic E-state index is 13.3. The van der Waals surface area contributed by atoms with Crippen molar-refractivity contribution in [1.82, 2.24) is 9.97 Å². The molecule has 1 aromatic heterocycles. The molecule has 0 aliphatic carbocycles. The predicted molar refractivity (Wildman–Crippen MR) is 74.0 cm³/mol. The Hall–Kier alpha value is -2.56. The molecule has 3 nitrogen and oxygen atoms in total. The maximum Gasteiger partial charge on any atom is 0.162 e. The average Bonchev–Trinajstić information content (AvgIpc) is 2.38. The Bertz CT molecular complexity index is 795. The molecular weight excluding hydrogens is 260 g/mol. The summed E-state index contributed by atoms with van der Waals surface area (Å²) in [4.78, 5) is 8.43. The van der Waals surface area contributed by atoms with Crippen molar-refractivity contribution < 1.29 is 8.78 Å². The van der Waals surface area contributed by atoms with Crippen LogP contribution in [0.2, 0.25) is 0 Å². The summed E-state index contributed by atoms with van der Waals surface area (Å²) in [5.74, 6) is -0.854. The number of nitrogens with zero attached hydrogens (tertiary/aromatic N) is 2. The molecule has 2 aromatic carbocycles. The van der Waals surface area contributed by atoms with Gasteiger partial charge in [0, 0.05) is 17.0 Å². The molecule has 5 heteroatoms. The van der Waals surface area contributed by atoms with E-state index < -0.39 is 11.6 Å². The molecule has 2 N–H and O–H groups in total. The van der Waals surface area contributed by atoms with Crippen molar-refractivity contribution >= 4 is 16.7 Å². The molecule has 20 heavy (non-hydrogen) atoms. The fraction of sp³-hybridized carbons (Fsp3) is 0.0667. The van der Waals surface area contributed by atoms with Crippen LogP contribution in [0.15, 0.2) is 36.4 Å². The van der Waals surface area contributed by atoms with Gasteiger partial charge in [-0.15, -0.1) is 0 Å². The van der Waals surface area contributed by atoms with Crippen LogP contribution in [0.3, 0.4) is 0 Å². The van der Waals surface area contributed by atoms with Gasteiger partial charge in [-0.1, -0.05) is 11.6 Å². The van der Waals surface area contributed by atoms with Crippen molar-refractivity contribution in [1.29, 1.82) is 0 Å². The van der Waals surface area contributed by atoms with Crippen LogP contribution in [0.4, 0.5) is 14.6 Å². The summed E-state index contributed by atoms with van der Waals surface area (Å²) < 4.78 is 26.5. The lowest BCUT2D eigenvalue weighted by molar-refractivity contribution is 0.584. The smallest absolute Gasteiger partial charge is 0.162 e. The zero-order valence-corrected chi connectivity index (χ0v) is 10.7. The van der Waals surface area contributed by atoms with Crippen LogP contribution in [-0.2, 0) is 0 Å². The van der Waals surface area contributed by atoms with E-state index in [1.54, 1.807) is 0 Å². The Balaban J connectivity index is 2.24. The quantitative estimate of drug-likeness (QED) is 0.737. The summed E-state index contributed by atoms with van der Waals surface area (Å²) in [5, 5.41) is 0.727. The molecule has 0 saturated heterocycles. The highest BCUT2D eigenvalue weighted by atomic mass is 19.1. The molecule has 0 unspecified atom stereocenters. The normalized spacial score (nSPS) is 10.9. The number of rotatable bonds is 1. The second-order valence-corrected chi connectivity index (χ2v) is 4.61. The van der Waals surface area contributed by atoms with Gasteiger partial charge < -0.3 is 5.73 Å². The topological polar surface area (TPSA) is 51.8 Å². The maximum atomic E-state index is 13.3. The second kappa shape index (κ2) is 4.52. The van der Waals surface area contributed by atoms with Crippen LogP contribution in [-0.4, -0.2) is 9.97 Å². The average molecular weight is 271 g/mol. The number of benzene rings is 2. The Morgan fingerprint density at radius 2 is 1.65 bits per heavy atom. The van der Waals surface area contributed by atoms with Gasteiger partial charge in [0.05, 0.1) is 5.52 Å². The summed E-state index contributed by atoms with van der Waals surface area (Å²) >= 11 is 0. The molecule has 0 saturated carbocycles. The van der Waals surface area contributed by atoms with E-state index >= 15 is 0 Å². The number of aromatic nitrogens is 2. The van der Waals surface area contributed by atoms with E-state index in [1.807, 2.05) is 25.1 Å². The summed E-state index contributed by atoms with van der Waals surface area (Å²) in [7, 11) is 0. The third kappa shape index (κ3) is 2.18. The largest absolute Gasteiger partial charge is 0.383 e. The fourth-order valence-corrected chi connectivity index (χ4v) is 2.08. The van der Waals surface area contributed by atoms with Crippen LogP contribution in [0.1, 0.15) is 5.56 Å². The zero-order valence-electron chi connectivity index (χ0n) is 10.7. The molecule has 1 heterocycles. The zero-order chi connectivity index (χ0) is 14.3. The molecule has 0 atom stereocenters. The number of fused-ring (bicyclic) bond motifs is 1. The first-order chi connectivity index (χ1) is 9.52. The number of hydrogen-bond donors (Lipinski definition) is 1. The van der Waals surface area contributed by atoms with E-state index in [1.165, 1.54) is 12.1 Å². The van der Waals surface area contributed by atoms with Crippen LogP contribution in [0.25, 0.3) is 22.3 Å². The van der Waals surface area contributed by atoms with E-state index in [9.17, 15) is 8.78 Å². The first-order valence-electron chi connectivity index (χ1n) is 6.03. The second-order valence-electron chi connectivity index (χ2n) is 4.61. The molecule has 0 amide bonds. The van der Waals surface area contributed by atoms with Gasteiger partial charge in [0.2, 0.25) is 0 Å². The first kappa shape index (κ1) is 12.5. The molecule has 0 aliphatic heterocycles. The van der Waals surface area contributed by atoms with Gasteiger partial charge in [0.25, 0.3) is 0 Å². The lowest BCUT2D eigenvalue weighted by Gasteiger charge is -2.06. The molecular formula is C15H11F2N3. The minimum Gasteiger partial charge on any atom is -0.383 e. The highest BCUT2D eigenvalue weighted by molar-refractivity contribution is 5.90. The van der Waals surface area contributed by atoms with Crippen molar-refractivity contribution in [3.8, 4) is 11.4 Å². The molecule has 100 valence electrons. The van der Waals surface area contributed by atoms with Gasteiger partial charge in [-0.2, -0.15) is 0 Å². The lowest BCUT2D eigenvalue weighted by atomic mass is 10.1. The third-order valence-electron chi connectivity index (χ3n) is 3.00. The lowest BCUT2D eigenvalue weighted by Crippen LogP contribution is -1.98. The Kier molecular flexibility index (Phi) is 2.82. The molecule has 3 rings (SSSR count). The van der Waals surface area contributed by atoms with Gasteiger partial charge in [-0.05, 0) is 31.2 Å². The minimum atomic E-state index is -0.675. The molecule has 3 aromatic rings. The van der Waals surface area contributed by atoms with E-state index in [0.717, 1.165) is 17.0 Å². The molecule has 0 bridgehead atoms. The summed E-state index contributed by atoms with van der Waals surface area (Å²) in [6, 6.07) is 8.74. The van der Waals surface area contributed by atoms with E-state index in [-0.39, 0.29) is 11.4 Å². The molecule has 0 aliphatic rings. The van der Waals surface area contributed by atoms with Gasteiger partial charge >= 0.3 is 0 Å². The van der Waals surface area contributed by atoms with Crippen molar-refractivity contribution in [2.24, 2.45) is 0 Å². The summed E-state index contributed by atoms with van der Waals surface area (Å²) in [6.45, 7) is 1.94. The number of halogens is 2. The third-order valence-corrected chi connectivity index (χ3v) is 3.00. The van der Waals surface area contributed by atoms with Gasteiger partial charge in [-0.3, -0.25) is 0 Å². The highest BCUT2D eigenvalue weighted by Gasteiger charge is 2.10. The van der Waals surface area contributed by atoms with Crippen LogP contribution >= 0.6 is 0 Å². The van der Waals surface area contributed by atoms with Crippen LogP contribution < -0.4 is 5.73 Å². The van der Waals surface area contributed by atoms with E-state index in [0.29, 0.717) is 11.3 Å². The van der Waals surface area contributed by atoms with Gasteiger partial charge in [0.15, 0.2) is 5.82 Å². The standard InChI is InChI=1S/C15H11F2N3/c1-8-2-3-13-12(4-8)14(18)20-15(19-13)9-5-10(16)7-11(17)6-9/h2-7H,1H3,(H2,18,19,20). The first-order valence-corrected chi connectivity index (χ1v) is 6.03. The van der Waals surface area contributed by atoms with Gasteiger partial charge in [-0.25, -0.2) is 18.7 Å². The number of nitrogen functional groups attached to an aromatic ring is 1. The van der Waals surface area contributed by atoms with Crippen molar-refractivity contribution in [2.75, 3.05) is 5.73 Å². The number of anilines is 1. The van der Waals surface area contributed by atoms with Crippen LogP contribution in [0.5, 0.6) is 0 Å². The fourth-order valence-electron chi connectivity index (χ4n) is 2.08. The minimum absolute atomic E-state index is 0.206. The summed E-state index contributed by atoms with van der Waals surface area (Å²) in [5.41, 5.74) is 7.84. The number of aryl methyl sites for hydroxylation is 1. The monoisotopic (exact) mass is 271 g/mol.